The predicted octanol–water partition coefficient (Wildman–Crippen LogP) is 3.81. The van der Waals surface area contributed by atoms with Gasteiger partial charge in [0.2, 0.25) is 0 Å². The van der Waals surface area contributed by atoms with Gasteiger partial charge >= 0.3 is 0 Å². The maximum Gasteiger partial charge on any atom is 0.156 e. The molecule has 9 heteroatoms. The quantitative estimate of drug-likeness (QED) is 0.396. The number of nitrogens with zero attached hydrogens (tertiary/aromatic N) is 6. The van der Waals surface area contributed by atoms with Crippen molar-refractivity contribution < 1.29 is 9.50 Å². The number of hydrogen-bond donors (Lipinski definition) is 1. The van der Waals surface area contributed by atoms with E-state index in [1.165, 1.54) is 12.1 Å². The Hall–Kier alpha value is -2.92. The van der Waals surface area contributed by atoms with Crippen molar-refractivity contribution in [1.29, 1.82) is 0 Å². The van der Waals surface area contributed by atoms with Crippen LogP contribution in [0.2, 0.25) is 0 Å². The molecule has 0 amide bonds. The van der Waals surface area contributed by atoms with Crippen molar-refractivity contribution in [2.45, 2.75) is 18.9 Å². The molecule has 0 saturated heterocycles. The van der Waals surface area contributed by atoms with Crippen LogP contribution in [-0.2, 0) is 5.60 Å². The van der Waals surface area contributed by atoms with E-state index in [0.29, 0.717) is 23.5 Å². The molecule has 0 fully saturated rings. The molecule has 1 aromatic carbocycles. The van der Waals surface area contributed by atoms with Crippen molar-refractivity contribution in [2.24, 2.45) is 0 Å². The van der Waals surface area contributed by atoms with E-state index in [0.717, 1.165) is 33.4 Å². The SMILES string of the molecule is C[C@](O)(c1ccc(F)cc1)c1cnc(C2=CCN(c3ncnn4cc(I)cc34)CC2)nc1. The zero-order valence-corrected chi connectivity index (χ0v) is 19.4. The summed E-state index contributed by atoms with van der Waals surface area (Å²) in [5.41, 5.74) is 1.87. The largest absolute Gasteiger partial charge is 0.381 e. The van der Waals surface area contributed by atoms with Gasteiger partial charge in [-0.15, -0.1) is 0 Å². The molecular weight excluding hydrogens is 522 g/mol. The first-order valence-electron chi connectivity index (χ1n) is 10.2. The summed E-state index contributed by atoms with van der Waals surface area (Å²) in [4.78, 5) is 15.7. The summed E-state index contributed by atoms with van der Waals surface area (Å²) in [7, 11) is 0. The highest BCUT2D eigenvalue weighted by Crippen LogP contribution is 2.30. The van der Waals surface area contributed by atoms with Gasteiger partial charge in [-0.25, -0.2) is 23.9 Å². The molecule has 1 aliphatic heterocycles. The van der Waals surface area contributed by atoms with Crippen LogP contribution in [0.5, 0.6) is 0 Å². The molecule has 1 N–H and O–H groups in total. The van der Waals surface area contributed by atoms with E-state index in [2.05, 4.69) is 59.7 Å². The molecule has 0 unspecified atom stereocenters. The Morgan fingerprint density at radius 2 is 1.84 bits per heavy atom. The maximum atomic E-state index is 13.2. The highest BCUT2D eigenvalue weighted by Gasteiger charge is 2.27. The van der Waals surface area contributed by atoms with Crippen LogP contribution in [0.1, 0.15) is 30.3 Å². The Morgan fingerprint density at radius 1 is 1.09 bits per heavy atom. The van der Waals surface area contributed by atoms with Crippen molar-refractivity contribution >= 4 is 39.5 Å². The fourth-order valence-electron chi connectivity index (χ4n) is 3.88. The Balaban J connectivity index is 1.35. The minimum Gasteiger partial charge on any atom is -0.381 e. The second-order valence-corrected chi connectivity index (χ2v) is 9.12. The number of hydrogen-bond acceptors (Lipinski definition) is 6. The first-order chi connectivity index (χ1) is 15.4. The fourth-order valence-corrected chi connectivity index (χ4v) is 4.44. The van der Waals surface area contributed by atoms with E-state index in [1.54, 1.807) is 37.8 Å². The smallest absolute Gasteiger partial charge is 0.156 e. The molecule has 7 nitrogen and oxygen atoms in total. The lowest BCUT2D eigenvalue weighted by Gasteiger charge is -2.27. The molecule has 0 saturated carbocycles. The van der Waals surface area contributed by atoms with Gasteiger partial charge in [-0.3, -0.25) is 0 Å². The lowest BCUT2D eigenvalue weighted by atomic mass is 9.90. The molecule has 5 rings (SSSR count). The summed E-state index contributed by atoms with van der Waals surface area (Å²) in [6, 6.07) is 7.87. The van der Waals surface area contributed by atoms with Crippen molar-refractivity contribution in [2.75, 3.05) is 18.0 Å². The average molecular weight is 542 g/mol. The standard InChI is InChI=1S/C23H20FIN6O/c1-23(32,16-2-4-18(24)5-3-16)17-11-26-21(27-12-17)15-6-8-30(9-7-15)22-20-10-19(25)13-31(20)29-14-28-22/h2-6,10-14,32H,7-9H2,1H3/t23-/m0/s1. The van der Waals surface area contributed by atoms with Crippen LogP contribution >= 0.6 is 22.6 Å². The van der Waals surface area contributed by atoms with E-state index in [9.17, 15) is 9.50 Å². The number of benzene rings is 1. The molecule has 1 atom stereocenters. The van der Waals surface area contributed by atoms with Crippen molar-refractivity contribution in [3.63, 3.8) is 0 Å². The second-order valence-electron chi connectivity index (χ2n) is 7.87. The van der Waals surface area contributed by atoms with Gasteiger partial charge in [-0.1, -0.05) is 18.2 Å². The summed E-state index contributed by atoms with van der Waals surface area (Å²) in [6.45, 7) is 3.14. The third-order valence-electron chi connectivity index (χ3n) is 5.77. The predicted molar refractivity (Wildman–Crippen MR) is 128 cm³/mol. The van der Waals surface area contributed by atoms with Crippen LogP contribution < -0.4 is 4.90 Å². The second kappa shape index (κ2) is 8.21. The van der Waals surface area contributed by atoms with Gasteiger partial charge in [-0.05, 0) is 65.3 Å². The number of aromatic nitrogens is 5. The Labute approximate surface area is 197 Å². The van der Waals surface area contributed by atoms with E-state index in [1.807, 2.05) is 10.7 Å². The summed E-state index contributed by atoms with van der Waals surface area (Å²) >= 11 is 2.27. The van der Waals surface area contributed by atoms with Gasteiger partial charge in [-0.2, -0.15) is 5.10 Å². The van der Waals surface area contributed by atoms with Crippen LogP contribution in [0.15, 0.2) is 61.3 Å². The molecule has 32 heavy (non-hydrogen) atoms. The number of rotatable bonds is 4. The van der Waals surface area contributed by atoms with Crippen molar-refractivity contribution in [3.8, 4) is 0 Å². The number of fused-ring (bicyclic) bond motifs is 1. The van der Waals surface area contributed by atoms with Gasteiger partial charge in [0, 0.05) is 40.8 Å². The topological polar surface area (TPSA) is 79.4 Å². The summed E-state index contributed by atoms with van der Waals surface area (Å²) in [6.07, 6.45) is 9.71. The Bertz CT molecular complexity index is 1300. The molecule has 0 radical (unpaired) electrons. The molecule has 3 aromatic heterocycles. The maximum absolute atomic E-state index is 13.2. The van der Waals surface area contributed by atoms with Crippen molar-refractivity contribution in [3.05, 3.63) is 87.7 Å². The van der Waals surface area contributed by atoms with Gasteiger partial charge in [0.1, 0.15) is 23.3 Å². The number of aliphatic hydroxyl groups is 1. The third kappa shape index (κ3) is 3.86. The third-order valence-corrected chi connectivity index (χ3v) is 6.36. The van der Waals surface area contributed by atoms with Gasteiger partial charge < -0.3 is 10.0 Å². The van der Waals surface area contributed by atoms with Crippen LogP contribution in [0.4, 0.5) is 10.2 Å². The van der Waals surface area contributed by atoms with Gasteiger partial charge in [0.15, 0.2) is 11.6 Å². The Morgan fingerprint density at radius 3 is 2.53 bits per heavy atom. The highest BCUT2D eigenvalue weighted by molar-refractivity contribution is 14.1. The average Bonchev–Trinajstić information content (AvgIpc) is 3.20. The first kappa shape index (κ1) is 21.0. The summed E-state index contributed by atoms with van der Waals surface area (Å²) in [5, 5.41) is 15.2. The minimum atomic E-state index is -1.31. The Kier molecular flexibility index (Phi) is 5.38. The highest BCUT2D eigenvalue weighted by atomic mass is 127. The fraction of sp³-hybridized carbons (Fsp3) is 0.217. The van der Waals surface area contributed by atoms with E-state index >= 15 is 0 Å². The monoisotopic (exact) mass is 542 g/mol. The van der Waals surface area contributed by atoms with E-state index < -0.39 is 5.60 Å². The molecular formula is C23H20FIN6O. The van der Waals surface area contributed by atoms with Gasteiger partial charge in [0.05, 0.1) is 0 Å². The van der Waals surface area contributed by atoms with Crippen LogP contribution in [0.25, 0.3) is 11.1 Å². The number of anilines is 1. The normalized spacial score (nSPS) is 16.1. The van der Waals surface area contributed by atoms with Crippen LogP contribution in [0.3, 0.4) is 0 Å². The molecule has 0 aliphatic carbocycles. The summed E-state index contributed by atoms with van der Waals surface area (Å²) in [5.74, 6) is 1.21. The van der Waals surface area contributed by atoms with Crippen LogP contribution in [-0.4, -0.2) is 42.8 Å². The summed E-state index contributed by atoms with van der Waals surface area (Å²) < 4.78 is 16.2. The van der Waals surface area contributed by atoms with E-state index in [-0.39, 0.29) is 5.82 Å². The zero-order valence-electron chi connectivity index (χ0n) is 17.3. The molecule has 4 heterocycles. The zero-order chi connectivity index (χ0) is 22.3. The van der Waals surface area contributed by atoms with Gasteiger partial charge in [0.25, 0.3) is 0 Å². The molecule has 0 bridgehead atoms. The molecule has 1 aliphatic rings. The molecule has 4 aromatic rings. The first-order valence-corrected chi connectivity index (χ1v) is 11.2. The van der Waals surface area contributed by atoms with Crippen molar-refractivity contribution in [1.82, 2.24) is 24.6 Å². The van der Waals surface area contributed by atoms with E-state index in [4.69, 9.17) is 0 Å². The lowest BCUT2D eigenvalue weighted by molar-refractivity contribution is 0.101. The minimum absolute atomic E-state index is 0.344. The molecule has 0 spiro atoms. The van der Waals surface area contributed by atoms with Crippen LogP contribution in [0, 0.1) is 9.39 Å². The molecule has 162 valence electrons. The number of halogens is 2. The lowest BCUT2D eigenvalue weighted by Crippen LogP contribution is -2.30.